The summed E-state index contributed by atoms with van der Waals surface area (Å²) in [7, 11) is 0. The van der Waals surface area contributed by atoms with Gasteiger partial charge in [-0.2, -0.15) is 13.2 Å². The molecule has 3 rings (SSSR count). The summed E-state index contributed by atoms with van der Waals surface area (Å²) in [5.74, 6) is 0.885. The van der Waals surface area contributed by atoms with E-state index in [0.717, 1.165) is 6.07 Å². The number of amides is 2. The van der Waals surface area contributed by atoms with Crippen LogP contribution in [0.15, 0.2) is 34.9 Å². The normalized spacial score (nSPS) is 15.4. The summed E-state index contributed by atoms with van der Waals surface area (Å²) in [4.78, 5) is 15.4. The van der Waals surface area contributed by atoms with Gasteiger partial charge in [0.15, 0.2) is 5.82 Å². The van der Waals surface area contributed by atoms with Crippen LogP contribution in [0.3, 0.4) is 0 Å². The molecule has 9 heteroatoms. The molecule has 2 amide bonds. The van der Waals surface area contributed by atoms with E-state index in [0.29, 0.717) is 37.8 Å². The Morgan fingerprint density at radius 2 is 1.88 bits per heavy atom. The van der Waals surface area contributed by atoms with Crippen molar-refractivity contribution >= 4 is 17.5 Å². The maximum absolute atomic E-state index is 13.1. The second-order valence-electron chi connectivity index (χ2n) is 5.74. The number of carbonyl (C=O) groups excluding carboxylic acids is 1. The van der Waals surface area contributed by atoms with Crippen molar-refractivity contribution in [3.05, 3.63) is 41.7 Å². The van der Waals surface area contributed by atoms with Crippen LogP contribution in [0.5, 0.6) is 0 Å². The van der Waals surface area contributed by atoms with E-state index < -0.39 is 11.7 Å². The van der Waals surface area contributed by atoms with Crippen molar-refractivity contribution in [1.29, 1.82) is 0 Å². The third kappa shape index (κ3) is 3.86. The molecule has 0 spiro atoms. The number of benzene rings is 1. The van der Waals surface area contributed by atoms with E-state index in [4.69, 9.17) is 4.52 Å². The number of hydrogen-bond donors (Lipinski definition) is 1. The molecule has 2 heterocycles. The number of aromatic nitrogens is 1. The van der Waals surface area contributed by atoms with Gasteiger partial charge in [0, 0.05) is 37.9 Å². The van der Waals surface area contributed by atoms with Crippen molar-refractivity contribution in [3.63, 3.8) is 0 Å². The van der Waals surface area contributed by atoms with Gasteiger partial charge in [-0.3, -0.25) is 5.32 Å². The lowest BCUT2D eigenvalue weighted by molar-refractivity contribution is -0.137. The Hall–Kier alpha value is -2.71. The summed E-state index contributed by atoms with van der Waals surface area (Å²) >= 11 is 0. The molecule has 0 atom stereocenters. The number of nitrogens with one attached hydrogen (secondary N) is 1. The lowest BCUT2D eigenvalue weighted by atomic mass is 10.1. The molecule has 134 valence electrons. The van der Waals surface area contributed by atoms with Crippen molar-refractivity contribution in [3.8, 4) is 0 Å². The van der Waals surface area contributed by atoms with E-state index in [1.165, 1.54) is 17.0 Å². The lowest BCUT2D eigenvalue weighted by Crippen LogP contribution is -2.50. The first-order chi connectivity index (χ1) is 11.8. The molecule has 6 nitrogen and oxygen atoms in total. The molecular weight excluding hydrogens is 337 g/mol. The molecule has 1 aliphatic rings. The van der Waals surface area contributed by atoms with Crippen LogP contribution in [0.25, 0.3) is 0 Å². The highest BCUT2D eigenvalue weighted by atomic mass is 19.4. The van der Waals surface area contributed by atoms with E-state index in [1.54, 1.807) is 24.0 Å². The number of anilines is 2. The summed E-state index contributed by atoms with van der Waals surface area (Å²) in [5, 5.41) is 6.29. The Kier molecular flexibility index (Phi) is 4.56. The number of alkyl halides is 3. The molecule has 1 aliphatic heterocycles. The Labute approximate surface area is 142 Å². The van der Waals surface area contributed by atoms with Crippen LogP contribution in [0.2, 0.25) is 0 Å². The van der Waals surface area contributed by atoms with Gasteiger partial charge in [-0.15, -0.1) is 0 Å². The van der Waals surface area contributed by atoms with Gasteiger partial charge in [-0.1, -0.05) is 17.3 Å². The van der Waals surface area contributed by atoms with Crippen LogP contribution >= 0.6 is 0 Å². The Morgan fingerprint density at radius 3 is 2.48 bits per heavy atom. The molecule has 1 aromatic carbocycles. The van der Waals surface area contributed by atoms with Gasteiger partial charge in [0.1, 0.15) is 5.76 Å². The topological polar surface area (TPSA) is 61.6 Å². The maximum atomic E-state index is 13.1. The molecule has 0 radical (unpaired) electrons. The molecule has 25 heavy (non-hydrogen) atoms. The minimum absolute atomic E-state index is 0.141. The largest absolute Gasteiger partial charge is 0.418 e. The fourth-order valence-corrected chi connectivity index (χ4v) is 2.75. The minimum Gasteiger partial charge on any atom is -0.367 e. The third-order valence-electron chi connectivity index (χ3n) is 3.98. The van der Waals surface area contributed by atoms with E-state index in [2.05, 4.69) is 10.5 Å². The molecule has 1 saturated heterocycles. The van der Waals surface area contributed by atoms with Gasteiger partial charge >= 0.3 is 12.2 Å². The van der Waals surface area contributed by atoms with Crippen molar-refractivity contribution in [2.75, 3.05) is 36.4 Å². The van der Waals surface area contributed by atoms with Crippen LogP contribution in [0, 0.1) is 6.92 Å². The highest BCUT2D eigenvalue weighted by Gasteiger charge is 2.35. The molecule has 1 fully saturated rings. The predicted octanol–water partition coefficient (Wildman–Crippen LogP) is 3.36. The number of aryl methyl sites for hydroxylation is 1. The van der Waals surface area contributed by atoms with Crippen molar-refractivity contribution in [2.24, 2.45) is 0 Å². The average Bonchev–Trinajstić information content (AvgIpc) is 2.99. The van der Waals surface area contributed by atoms with Crippen molar-refractivity contribution in [1.82, 2.24) is 10.1 Å². The number of hydrogen-bond acceptors (Lipinski definition) is 4. The number of nitrogens with zero attached hydrogens (tertiary/aromatic N) is 3. The summed E-state index contributed by atoms with van der Waals surface area (Å²) in [6, 6.07) is 6.72. The number of carbonyl (C=O) groups is 1. The summed E-state index contributed by atoms with van der Waals surface area (Å²) in [6.07, 6.45) is -4.41. The minimum atomic E-state index is -4.41. The zero-order valence-electron chi connectivity index (χ0n) is 13.5. The second kappa shape index (κ2) is 6.66. The first-order valence-corrected chi connectivity index (χ1v) is 7.75. The highest BCUT2D eigenvalue weighted by molar-refractivity contribution is 5.88. The number of para-hydroxylation sites is 1. The highest BCUT2D eigenvalue weighted by Crippen LogP contribution is 2.36. The summed E-state index contributed by atoms with van der Waals surface area (Å²) in [5.41, 5.74) is -0.520. The van der Waals surface area contributed by atoms with Crippen LogP contribution in [-0.2, 0) is 6.18 Å². The Morgan fingerprint density at radius 1 is 1.20 bits per heavy atom. The molecule has 1 aromatic heterocycles. The van der Waals surface area contributed by atoms with Crippen molar-refractivity contribution < 1.29 is 22.5 Å². The van der Waals surface area contributed by atoms with Crippen molar-refractivity contribution in [2.45, 2.75) is 13.1 Å². The zero-order chi connectivity index (χ0) is 18.0. The summed E-state index contributed by atoms with van der Waals surface area (Å²) < 4.78 is 44.3. The van der Waals surface area contributed by atoms with E-state index in [1.807, 2.05) is 0 Å². The first kappa shape index (κ1) is 17.1. The Bertz CT molecular complexity index is 752. The van der Waals surface area contributed by atoms with E-state index in [9.17, 15) is 18.0 Å². The number of halogens is 3. The number of piperazine rings is 1. The monoisotopic (exact) mass is 354 g/mol. The van der Waals surface area contributed by atoms with Gasteiger partial charge < -0.3 is 14.3 Å². The quantitative estimate of drug-likeness (QED) is 0.898. The van der Waals surface area contributed by atoms with E-state index >= 15 is 0 Å². The predicted molar refractivity (Wildman–Crippen MR) is 85.5 cm³/mol. The van der Waals surface area contributed by atoms with Crippen LogP contribution in [-0.4, -0.2) is 42.3 Å². The molecule has 1 N–H and O–H groups in total. The molecular formula is C16H17F3N4O2. The smallest absolute Gasteiger partial charge is 0.367 e. The molecule has 0 unspecified atom stereocenters. The van der Waals surface area contributed by atoms with Gasteiger partial charge in [0.2, 0.25) is 0 Å². The van der Waals surface area contributed by atoms with Gasteiger partial charge in [-0.25, -0.2) is 4.79 Å². The Balaban J connectivity index is 1.63. The summed E-state index contributed by atoms with van der Waals surface area (Å²) in [6.45, 7) is 2.97. The standard InChI is InChI=1S/C16H17F3N4O2/c1-11-10-14(21-25-11)20-15(24)23-8-6-22(7-9-23)13-5-3-2-4-12(13)16(17,18)19/h2-5,10H,6-9H2,1H3,(H,20,21,24). The third-order valence-corrected chi connectivity index (χ3v) is 3.98. The van der Waals surface area contributed by atoms with Crippen LogP contribution in [0.1, 0.15) is 11.3 Å². The molecule has 0 saturated carbocycles. The molecule has 0 bridgehead atoms. The van der Waals surface area contributed by atoms with Gasteiger partial charge in [0.25, 0.3) is 0 Å². The van der Waals surface area contributed by atoms with Crippen LogP contribution in [0.4, 0.5) is 29.5 Å². The van der Waals surface area contributed by atoms with Gasteiger partial charge in [-0.05, 0) is 19.1 Å². The van der Waals surface area contributed by atoms with Crippen LogP contribution < -0.4 is 10.2 Å². The maximum Gasteiger partial charge on any atom is 0.418 e. The van der Waals surface area contributed by atoms with Gasteiger partial charge in [0.05, 0.1) is 5.56 Å². The SMILES string of the molecule is Cc1cc(NC(=O)N2CCN(c3ccccc3C(F)(F)F)CC2)no1. The molecule has 0 aliphatic carbocycles. The zero-order valence-corrected chi connectivity index (χ0v) is 13.5. The first-order valence-electron chi connectivity index (χ1n) is 7.75. The second-order valence-corrected chi connectivity index (χ2v) is 5.74. The van der Waals surface area contributed by atoms with E-state index in [-0.39, 0.29) is 11.7 Å². The fourth-order valence-electron chi connectivity index (χ4n) is 2.75. The lowest BCUT2D eigenvalue weighted by Gasteiger charge is -2.36. The number of rotatable bonds is 2. The number of urea groups is 1. The average molecular weight is 354 g/mol. The molecule has 2 aromatic rings. The fraction of sp³-hybridized carbons (Fsp3) is 0.375.